The maximum Gasteiger partial charge on any atom is 0.253 e. The van der Waals surface area contributed by atoms with E-state index in [2.05, 4.69) is 15.6 Å². The number of nitrogens with zero attached hydrogens (tertiary/aromatic N) is 1. The monoisotopic (exact) mass is 267 g/mol. The molecule has 2 aromatic rings. The highest BCUT2D eigenvalue weighted by atomic mass is 16.1. The summed E-state index contributed by atoms with van der Waals surface area (Å²) in [4.78, 5) is 16.7. The molecule has 1 aromatic carbocycles. The number of nitrogens with one attached hydrogen (secondary N) is 2. The van der Waals surface area contributed by atoms with E-state index in [1.807, 2.05) is 30.3 Å². The molecule has 2 aliphatic rings. The fraction of sp³-hybridized carbons (Fsp3) is 0.375. The van der Waals surface area contributed by atoms with E-state index in [4.69, 9.17) is 0 Å². The smallest absolute Gasteiger partial charge is 0.253 e. The Morgan fingerprint density at radius 1 is 1.30 bits per heavy atom. The van der Waals surface area contributed by atoms with Gasteiger partial charge in [0.05, 0.1) is 11.1 Å². The van der Waals surface area contributed by atoms with Crippen molar-refractivity contribution in [3.8, 4) is 0 Å². The standard InChI is InChI=1S/C16H17N3O/c20-16(18-9-12-7-11-8-14(11)19-12)13-5-1-3-10-4-2-6-17-15(10)13/h1-6,11-12,14,19H,7-9H2,(H,18,20)/t11-,12+,14+/m1/s1. The summed E-state index contributed by atoms with van der Waals surface area (Å²) in [7, 11) is 0. The molecular formula is C16H17N3O. The first-order valence-corrected chi connectivity index (χ1v) is 7.19. The van der Waals surface area contributed by atoms with Gasteiger partial charge in [0.1, 0.15) is 0 Å². The second-order valence-electron chi connectivity index (χ2n) is 5.79. The van der Waals surface area contributed by atoms with Crippen LogP contribution in [0.4, 0.5) is 0 Å². The SMILES string of the molecule is O=C(NC[C@@H]1C[C@@H]2C[C@@H]2N1)c1cccc2cccnc12. The number of aromatic nitrogens is 1. The lowest BCUT2D eigenvalue weighted by Gasteiger charge is -2.14. The van der Waals surface area contributed by atoms with Gasteiger partial charge in [0.25, 0.3) is 5.91 Å². The number of benzene rings is 1. The van der Waals surface area contributed by atoms with Gasteiger partial charge in [0, 0.05) is 30.2 Å². The number of piperidine rings is 1. The second-order valence-corrected chi connectivity index (χ2v) is 5.79. The predicted molar refractivity (Wildman–Crippen MR) is 77.5 cm³/mol. The molecule has 0 bridgehead atoms. The topological polar surface area (TPSA) is 54.0 Å². The molecule has 4 heteroatoms. The van der Waals surface area contributed by atoms with Crippen LogP contribution in [0.5, 0.6) is 0 Å². The third-order valence-electron chi connectivity index (χ3n) is 4.35. The summed E-state index contributed by atoms with van der Waals surface area (Å²) in [6.45, 7) is 0.703. The van der Waals surface area contributed by atoms with Crippen LogP contribution in [0.15, 0.2) is 36.5 Å². The molecule has 20 heavy (non-hydrogen) atoms. The molecule has 3 atom stereocenters. The zero-order valence-corrected chi connectivity index (χ0v) is 11.2. The Morgan fingerprint density at radius 3 is 3.05 bits per heavy atom. The molecular weight excluding hydrogens is 250 g/mol. The second kappa shape index (κ2) is 4.56. The van der Waals surface area contributed by atoms with E-state index in [-0.39, 0.29) is 5.91 Å². The summed E-state index contributed by atoms with van der Waals surface area (Å²) >= 11 is 0. The molecule has 4 rings (SSSR count). The van der Waals surface area contributed by atoms with E-state index in [1.54, 1.807) is 6.20 Å². The minimum absolute atomic E-state index is 0.0309. The van der Waals surface area contributed by atoms with Crippen molar-refractivity contribution in [2.24, 2.45) is 5.92 Å². The quantitative estimate of drug-likeness (QED) is 0.890. The lowest BCUT2D eigenvalue weighted by Crippen LogP contribution is -2.39. The van der Waals surface area contributed by atoms with E-state index in [0.29, 0.717) is 18.2 Å². The van der Waals surface area contributed by atoms with E-state index >= 15 is 0 Å². The Kier molecular flexibility index (Phi) is 2.70. The van der Waals surface area contributed by atoms with Gasteiger partial charge in [0.2, 0.25) is 0 Å². The third kappa shape index (κ3) is 2.06. The predicted octanol–water partition coefficient (Wildman–Crippen LogP) is 1.71. The average Bonchev–Trinajstić information content (AvgIpc) is 3.11. The van der Waals surface area contributed by atoms with Crippen molar-refractivity contribution in [2.45, 2.75) is 24.9 Å². The minimum Gasteiger partial charge on any atom is -0.350 e. The Hall–Kier alpha value is -1.94. The van der Waals surface area contributed by atoms with E-state index in [0.717, 1.165) is 22.9 Å². The van der Waals surface area contributed by atoms with Crippen LogP contribution in [0.2, 0.25) is 0 Å². The molecule has 1 aliphatic carbocycles. The number of carbonyl (C=O) groups excluding carboxylic acids is 1. The van der Waals surface area contributed by atoms with Crippen molar-refractivity contribution in [1.29, 1.82) is 0 Å². The van der Waals surface area contributed by atoms with Crippen LogP contribution >= 0.6 is 0 Å². The Labute approximate surface area is 117 Å². The number of fused-ring (bicyclic) bond motifs is 2. The van der Waals surface area contributed by atoms with Crippen LogP contribution in [-0.4, -0.2) is 29.5 Å². The molecule has 2 heterocycles. The van der Waals surface area contributed by atoms with Crippen molar-refractivity contribution in [2.75, 3.05) is 6.54 Å². The maximum absolute atomic E-state index is 12.3. The Bertz CT molecular complexity index is 654. The van der Waals surface area contributed by atoms with Gasteiger partial charge in [-0.15, -0.1) is 0 Å². The van der Waals surface area contributed by atoms with Crippen molar-refractivity contribution in [3.05, 3.63) is 42.1 Å². The zero-order chi connectivity index (χ0) is 13.5. The van der Waals surface area contributed by atoms with Crippen molar-refractivity contribution >= 4 is 16.8 Å². The van der Waals surface area contributed by atoms with Gasteiger partial charge in [-0.1, -0.05) is 18.2 Å². The van der Waals surface area contributed by atoms with Gasteiger partial charge in [-0.2, -0.15) is 0 Å². The summed E-state index contributed by atoms with van der Waals surface area (Å²) in [5, 5.41) is 7.57. The number of para-hydroxylation sites is 1. The number of carbonyl (C=O) groups is 1. The lowest BCUT2D eigenvalue weighted by atomic mass is 10.1. The first-order valence-electron chi connectivity index (χ1n) is 7.19. The minimum atomic E-state index is -0.0309. The first kappa shape index (κ1) is 11.9. The number of hydrogen-bond acceptors (Lipinski definition) is 3. The van der Waals surface area contributed by atoms with Crippen LogP contribution in [-0.2, 0) is 0 Å². The Morgan fingerprint density at radius 2 is 2.20 bits per heavy atom. The molecule has 0 unspecified atom stereocenters. The van der Waals surface area contributed by atoms with Crippen LogP contribution in [0.1, 0.15) is 23.2 Å². The van der Waals surface area contributed by atoms with Crippen molar-refractivity contribution < 1.29 is 4.79 Å². The molecule has 1 aliphatic heterocycles. The highest BCUT2D eigenvalue weighted by molar-refractivity contribution is 6.05. The molecule has 1 saturated heterocycles. The normalized spacial score (nSPS) is 27.3. The highest BCUT2D eigenvalue weighted by Gasteiger charge is 2.45. The third-order valence-corrected chi connectivity index (χ3v) is 4.35. The molecule has 1 amide bonds. The van der Waals surface area contributed by atoms with E-state index in [1.165, 1.54) is 12.8 Å². The highest BCUT2D eigenvalue weighted by Crippen LogP contribution is 2.40. The summed E-state index contributed by atoms with van der Waals surface area (Å²) in [6, 6.07) is 10.7. The van der Waals surface area contributed by atoms with E-state index in [9.17, 15) is 4.79 Å². The Balaban J connectivity index is 1.49. The fourth-order valence-corrected chi connectivity index (χ4v) is 3.19. The molecule has 2 N–H and O–H groups in total. The molecule has 1 saturated carbocycles. The number of amides is 1. The van der Waals surface area contributed by atoms with Crippen molar-refractivity contribution in [1.82, 2.24) is 15.6 Å². The number of hydrogen-bond donors (Lipinski definition) is 2. The average molecular weight is 267 g/mol. The van der Waals surface area contributed by atoms with Crippen molar-refractivity contribution in [3.63, 3.8) is 0 Å². The van der Waals surface area contributed by atoms with Gasteiger partial charge >= 0.3 is 0 Å². The van der Waals surface area contributed by atoms with Gasteiger partial charge in [-0.3, -0.25) is 9.78 Å². The zero-order valence-electron chi connectivity index (χ0n) is 11.2. The van der Waals surface area contributed by atoms with Gasteiger partial charge < -0.3 is 10.6 Å². The molecule has 0 radical (unpaired) electrons. The fourth-order valence-electron chi connectivity index (χ4n) is 3.19. The van der Waals surface area contributed by atoms with Gasteiger partial charge in [-0.25, -0.2) is 0 Å². The largest absolute Gasteiger partial charge is 0.350 e. The molecule has 2 fully saturated rings. The van der Waals surface area contributed by atoms with Gasteiger partial charge in [0.15, 0.2) is 0 Å². The summed E-state index contributed by atoms with van der Waals surface area (Å²) in [6.07, 6.45) is 4.24. The lowest BCUT2D eigenvalue weighted by molar-refractivity contribution is 0.0951. The summed E-state index contributed by atoms with van der Waals surface area (Å²) in [5.41, 5.74) is 1.43. The molecule has 0 spiro atoms. The van der Waals surface area contributed by atoms with E-state index < -0.39 is 0 Å². The van der Waals surface area contributed by atoms with Crippen LogP contribution in [0.3, 0.4) is 0 Å². The van der Waals surface area contributed by atoms with Crippen LogP contribution in [0, 0.1) is 5.92 Å². The number of pyridine rings is 1. The number of rotatable bonds is 3. The first-order chi connectivity index (χ1) is 9.81. The maximum atomic E-state index is 12.3. The molecule has 102 valence electrons. The van der Waals surface area contributed by atoms with Crippen LogP contribution < -0.4 is 10.6 Å². The summed E-state index contributed by atoms with van der Waals surface area (Å²) in [5.74, 6) is 0.827. The summed E-state index contributed by atoms with van der Waals surface area (Å²) < 4.78 is 0. The molecule has 1 aromatic heterocycles. The van der Waals surface area contributed by atoms with Gasteiger partial charge in [-0.05, 0) is 30.9 Å². The molecule has 4 nitrogen and oxygen atoms in total. The van der Waals surface area contributed by atoms with Crippen LogP contribution in [0.25, 0.3) is 10.9 Å².